The Hall–Kier alpha value is -2.07. The van der Waals surface area contributed by atoms with Crippen molar-refractivity contribution in [2.24, 2.45) is 0 Å². The predicted molar refractivity (Wildman–Crippen MR) is 91.8 cm³/mol. The number of aromatic nitrogens is 2. The lowest BCUT2D eigenvalue weighted by molar-refractivity contribution is 0.0635. The average Bonchev–Trinajstić information content (AvgIpc) is 2.92. The van der Waals surface area contributed by atoms with Gasteiger partial charge in [0.05, 0.1) is 28.3 Å². The van der Waals surface area contributed by atoms with Gasteiger partial charge in [0.25, 0.3) is 0 Å². The summed E-state index contributed by atoms with van der Waals surface area (Å²) in [7, 11) is -4.00. The molecular formula is C15H18FN3O4S2. The number of ether oxygens (including phenoxy) is 1. The van der Waals surface area contributed by atoms with Crippen LogP contribution in [-0.4, -0.2) is 30.1 Å². The maximum atomic E-state index is 14.3. The van der Waals surface area contributed by atoms with Crippen molar-refractivity contribution in [3.05, 3.63) is 34.2 Å². The molecule has 0 saturated carbocycles. The number of thiazole rings is 1. The maximum absolute atomic E-state index is 14.3. The summed E-state index contributed by atoms with van der Waals surface area (Å²) < 4.78 is 44.1. The molecule has 10 heteroatoms. The first-order valence-corrected chi connectivity index (χ1v) is 9.84. The molecule has 1 amide bonds. The zero-order valence-electron chi connectivity index (χ0n) is 14.2. The normalized spacial score (nSPS) is 12.0. The van der Waals surface area contributed by atoms with Crippen molar-refractivity contribution in [1.29, 1.82) is 0 Å². The summed E-state index contributed by atoms with van der Waals surface area (Å²) in [4.78, 5) is 19.5. The van der Waals surface area contributed by atoms with Crippen LogP contribution in [0.4, 0.5) is 14.9 Å². The summed E-state index contributed by atoms with van der Waals surface area (Å²) in [6.07, 6.45) is -0.783. The van der Waals surface area contributed by atoms with Crippen LogP contribution in [-0.2, 0) is 20.3 Å². The number of carbonyl (C=O) groups excluding carboxylic acids is 1. The first kappa shape index (κ1) is 19.3. The van der Waals surface area contributed by atoms with Crippen molar-refractivity contribution in [3.8, 4) is 0 Å². The third-order valence-electron chi connectivity index (χ3n) is 2.89. The zero-order valence-corrected chi connectivity index (χ0v) is 15.8. The number of carbonyl (C=O) groups is 1. The molecule has 0 aliphatic rings. The number of nitrogens with one attached hydrogen (secondary N) is 1. The monoisotopic (exact) mass is 387 g/mol. The quantitative estimate of drug-likeness (QED) is 0.864. The third kappa shape index (κ3) is 5.20. The van der Waals surface area contributed by atoms with Gasteiger partial charge in [-0.25, -0.2) is 27.6 Å². The fraction of sp³-hybridized carbons (Fsp3) is 0.400. The van der Waals surface area contributed by atoms with Gasteiger partial charge in [-0.3, -0.25) is 5.32 Å². The van der Waals surface area contributed by atoms with E-state index in [-0.39, 0.29) is 11.4 Å². The van der Waals surface area contributed by atoms with Crippen molar-refractivity contribution in [1.82, 2.24) is 9.97 Å². The highest BCUT2D eigenvalue weighted by atomic mass is 32.2. The SMILES string of the molecule is Cc1nc(S(=O)(=O)Cc2cscn2)c(F)cc1NC(=O)OC(C)(C)C. The van der Waals surface area contributed by atoms with Crippen LogP contribution in [0, 0.1) is 12.7 Å². The van der Waals surface area contributed by atoms with E-state index in [1.165, 1.54) is 23.8 Å². The molecule has 2 heterocycles. The number of halogens is 1. The molecule has 0 spiro atoms. The predicted octanol–water partition coefficient (Wildman–Crippen LogP) is 3.31. The third-order valence-corrected chi connectivity index (χ3v) is 5.07. The van der Waals surface area contributed by atoms with Gasteiger partial charge in [0.2, 0.25) is 9.84 Å². The van der Waals surface area contributed by atoms with Crippen LogP contribution in [0.1, 0.15) is 32.2 Å². The summed E-state index contributed by atoms with van der Waals surface area (Å²) in [5, 5.41) is 3.26. The van der Waals surface area contributed by atoms with Gasteiger partial charge in [-0.15, -0.1) is 11.3 Å². The highest BCUT2D eigenvalue weighted by molar-refractivity contribution is 7.90. The molecule has 25 heavy (non-hydrogen) atoms. The number of sulfone groups is 1. The Morgan fingerprint density at radius 2 is 2.08 bits per heavy atom. The smallest absolute Gasteiger partial charge is 0.412 e. The second kappa shape index (κ2) is 7.04. The van der Waals surface area contributed by atoms with Crippen LogP contribution in [0.2, 0.25) is 0 Å². The van der Waals surface area contributed by atoms with Gasteiger partial charge < -0.3 is 4.74 Å². The Bertz CT molecular complexity index is 875. The first-order chi connectivity index (χ1) is 11.5. The van der Waals surface area contributed by atoms with E-state index in [0.29, 0.717) is 5.69 Å². The minimum atomic E-state index is -4.00. The summed E-state index contributed by atoms with van der Waals surface area (Å²) in [6, 6.07) is 0.917. The van der Waals surface area contributed by atoms with Crippen molar-refractivity contribution < 1.29 is 22.3 Å². The van der Waals surface area contributed by atoms with Crippen molar-refractivity contribution in [3.63, 3.8) is 0 Å². The van der Waals surface area contributed by atoms with Gasteiger partial charge in [-0.1, -0.05) is 0 Å². The number of hydrogen-bond acceptors (Lipinski definition) is 7. The number of pyridine rings is 1. The molecule has 0 fully saturated rings. The van der Waals surface area contributed by atoms with E-state index in [4.69, 9.17) is 4.74 Å². The van der Waals surface area contributed by atoms with E-state index >= 15 is 0 Å². The van der Waals surface area contributed by atoms with E-state index in [1.807, 2.05) is 0 Å². The molecule has 2 aromatic rings. The van der Waals surface area contributed by atoms with E-state index in [1.54, 1.807) is 26.2 Å². The molecule has 0 unspecified atom stereocenters. The van der Waals surface area contributed by atoms with Crippen LogP contribution in [0.25, 0.3) is 0 Å². The van der Waals surface area contributed by atoms with E-state index in [0.717, 1.165) is 6.07 Å². The van der Waals surface area contributed by atoms with Crippen LogP contribution >= 0.6 is 11.3 Å². The Morgan fingerprint density at radius 3 is 2.64 bits per heavy atom. The van der Waals surface area contributed by atoms with Crippen LogP contribution in [0.5, 0.6) is 0 Å². The largest absolute Gasteiger partial charge is 0.444 e. The maximum Gasteiger partial charge on any atom is 0.412 e. The lowest BCUT2D eigenvalue weighted by Gasteiger charge is -2.20. The van der Waals surface area contributed by atoms with E-state index in [9.17, 15) is 17.6 Å². The Balaban J connectivity index is 2.26. The van der Waals surface area contributed by atoms with Crippen molar-refractivity contribution >= 4 is 33.0 Å². The zero-order chi connectivity index (χ0) is 18.8. The van der Waals surface area contributed by atoms with Gasteiger partial charge in [-0.2, -0.15) is 0 Å². The number of amides is 1. The minimum Gasteiger partial charge on any atom is -0.444 e. The van der Waals surface area contributed by atoms with Crippen LogP contribution in [0.15, 0.2) is 22.0 Å². The molecule has 0 radical (unpaired) electrons. The average molecular weight is 387 g/mol. The molecule has 0 saturated heterocycles. The lowest BCUT2D eigenvalue weighted by Crippen LogP contribution is -2.27. The molecule has 0 bridgehead atoms. The number of hydrogen-bond donors (Lipinski definition) is 1. The summed E-state index contributed by atoms with van der Waals surface area (Å²) >= 11 is 1.25. The standard InChI is InChI=1S/C15H18FN3O4S2/c1-9-12(19-14(20)23-15(2,3)4)5-11(16)13(18-9)25(21,22)7-10-6-24-8-17-10/h5-6,8H,7H2,1-4H3,(H,19,20). The molecule has 0 atom stereocenters. The van der Waals surface area contributed by atoms with E-state index in [2.05, 4.69) is 15.3 Å². The molecular weight excluding hydrogens is 369 g/mol. The topological polar surface area (TPSA) is 98.3 Å². The van der Waals surface area contributed by atoms with Crippen molar-refractivity contribution in [2.45, 2.75) is 44.1 Å². The molecule has 2 rings (SSSR count). The van der Waals surface area contributed by atoms with Crippen molar-refractivity contribution in [2.75, 3.05) is 5.32 Å². The fourth-order valence-corrected chi connectivity index (χ4v) is 3.87. The van der Waals surface area contributed by atoms with Gasteiger partial charge in [0, 0.05) is 11.4 Å². The Kier molecular flexibility index (Phi) is 5.43. The molecule has 1 N–H and O–H groups in total. The molecule has 2 aromatic heterocycles. The number of nitrogens with zero attached hydrogens (tertiary/aromatic N) is 2. The number of rotatable bonds is 4. The second-order valence-corrected chi connectivity index (χ2v) is 8.90. The number of anilines is 1. The minimum absolute atomic E-state index is 0.0411. The van der Waals surface area contributed by atoms with Gasteiger partial charge in [-0.05, 0) is 27.7 Å². The summed E-state index contributed by atoms with van der Waals surface area (Å²) in [5.41, 5.74) is 1.29. The lowest BCUT2D eigenvalue weighted by atomic mass is 10.2. The molecule has 7 nitrogen and oxygen atoms in total. The summed E-state index contributed by atoms with van der Waals surface area (Å²) in [5.74, 6) is -1.49. The highest BCUT2D eigenvalue weighted by Crippen LogP contribution is 2.23. The van der Waals surface area contributed by atoms with Crippen LogP contribution in [0.3, 0.4) is 0 Å². The molecule has 0 aliphatic carbocycles. The van der Waals surface area contributed by atoms with Gasteiger partial charge in [0.1, 0.15) is 5.60 Å². The number of aryl methyl sites for hydroxylation is 1. The van der Waals surface area contributed by atoms with E-state index < -0.39 is 38.1 Å². The molecule has 0 aromatic carbocycles. The second-order valence-electron chi connectivity index (χ2n) is 6.27. The van der Waals surface area contributed by atoms with Gasteiger partial charge >= 0.3 is 6.09 Å². The fourth-order valence-electron chi connectivity index (χ4n) is 1.89. The highest BCUT2D eigenvalue weighted by Gasteiger charge is 2.25. The first-order valence-electron chi connectivity index (χ1n) is 7.25. The molecule has 136 valence electrons. The van der Waals surface area contributed by atoms with Gasteiger partial charge in [0.15, 0.2) is 10.8 Å². The Morgan fingerprint density at radius 1 is 1.40 bits per heavy atom. The van der Waals surface area contributed by atoms with Crippen LogP contribution < -0.4 is 5.32 Å². The summed E-state index contributed by atoms with van der Waals surface area (Å²) in [6.45, 7) is 6.53. The molecule has 0 aliphatic heterocycles. The Labute approximate surface area is 149 Å².